The van der Waals surface area contributed by atoms with Crippen molar-refractivity contribution in [2.24, 2.45) is 0 Å². The Kier molecular flexibility index (Phi) is 8.50. The molecule has 2 heterocycles. The highest BCUT2D eigenvalue weighted by Crippen LogP contribution is 2.27. The molecule has 0 radical (unpaired) electrons. The molecule has 0 bridgehead atoms. The van der Waals surface area contributed by atoms with Crippen molar-refractivity contribution >= 4 is 27.7 Å². The van der Waals surface area contributed by atoms with Gasteiger partial charge in [0.2, 0.25) is 15.9 Å². The monoisotopic (exact) mass is 466 g/mol. The summed E-state index contributed by atoms with van der Waals surface area (Å²) in [6.07, 6.45) is 3.34. The number of carbonyl (C=O) groups excluding carboxylic acids is 2. The van der Waals surface area contributed by atoms with Gasteiger partial charge < -0.3 is 15.0 Å². The predicted octanol–water partition coefficient (Wildman–Crippen LogP) is 2.35. The third-order valence-electron chi connectivity index (χ3n) is 6.05. The molecule has 2 aliphatic heterocycles. The standard InChI is InChI=1S/C22H34N4O5S/c1-3-19-7-5-6-12-26(19)32(29,30)20-10-8-18(9-11-20)23-21(27)17-24-13-15-25(16-14-24)22(28)31-4-2/h8-11,19H,3-7,12-17H2,1-2H3,(H,23,27). The zero-order valence-corrected chi connectivity index (χ0v) is 19.8. The molecule has 3 rings (SSSR count). The number of piperidine rings is 1. The summed E-state index contributed by atoms with van der Waals surface area (Å²) in [6, 6.07) is 6.44. The van der Waals surface area contributed by atoms with Crippen LogP contribution in [0.25, 0.3) is 0 Å². The molecule has 1 N–H and O–H groups in total. The van der Waals surface area contributed by atoms with E-state index in [1.165, 1.54) is 0 Å². The lowest BCUT2D eigenvalue weighted by Crippen LogP contribution is -2.50. The fourth-order valence-corrected chi connectivity index (χ4v) is 6.02. The first-order chi connectivity index (χ1) is 15.3. The van der Waals surface area contributed by atoms with E-state index in [1.54, 1.807) is 40.4 Å². The maximum absolute atomic E-state index is 13.1. The zero-order valence-electron chi connectivity index (χ0n) is 19.0. The van der Waals surface area contributed by atoms with Gasteiger partial charge in [-0.2, -0.15) is 4.31 Å². The molecule has 1 aromatic rings. The van der Waals surface area contributed by atoms with Gasteiger partial charge in [0.15, 0.2) is 0 Å². The minimum atomic E-state index is -3.54. The van der Waals surface area contributed by atoms with E-state index in [0.717, 1.165) is 25.7 Å². The van der Waals surface area contributed by atoms with Gasteiger partial charge in [-0.1, -0.05) is 13.3 Å². The van der Waals surface area contributed by atoms with E-state index < -0.39 is 10.0 Å². The van der Waals surface area contributed by atoms with E-state index in [9.17, 15) is 18.0 Å². The molecule has 1 aromatic carbocycles. The summed E-state index contributed by atoms with van der Waals surface area (Å²) in [5, 5.41) is 2.83. The first-order valence-electron chi connectivity index (χ1n) is 11.4. The number of carbonyl (C=O) groups is 2. The van der Waals surface area contributed by atoms with Crippen LogP contribution in [0.3, 0.4) is 0 Å². The zero-order chi connectivity index (χ0) is 23.1. The van der Waals surface area contributed by atoms with Gasteiger partial charge in [0.25, 0.3) is 0 Å². The molecular formula is C22H34N4O5S. The Hall–Kier alpha value is -2.17. The van der Waals surface area contributed by atoms with Gasteiger partial charge in [-0.3, -0.25) is 9.69 Å². The molecule has 2 saturated heterocycles. The Labute approximate surface area is 190 Å². The smallest absolute Gasteiger partial charge is 0.409 e. The summed E-state index contributed by atoms with van der Waals surface area (Å²) in [6.45, 7) is 7.14. The highest BCUT2D eigenvalue weighted by Gasteiger charge is 2.32. The second-order valence-corrected chi connectivity index (χ2v) is 10.1. The molecular weight excluding hydrogens is 432 g/mol. The second kappa shape index (κ2) is 11.1. The molecule has 0 aliphatic carbocycles. The SMILES string of the molecule is CCOC(=O)N1CCN(CC(=O)Nc2ccc(S(=O)(=O)N3CCCCC3CC)cc2)CC1. The Bertz CT molecular complexity index is 882. The van der Waals surface area contributed by atoms with Crippen LogP contribution in [0.1, 0.15) is 39.5 Å². The van der Waals surface area contributed by atoms with Crippen LogP contribution in [-0.4, -0.2) is 86.4 Å². The molecule has 1 atom stereocenters. The van der Waals surface area contributed by atoms with Gasteiger partial charge >= 0.3 is 6.09 Å². The molecule has 0 aromatic heterocycles. The third-order valence-corrected chi connectivity index (χ3v) is 8.02. The highest BCUT2D eigenvalue weighted by molar-refractivity contribution is 7.89. The van der Waals surface area contributed by atoms with Crippen LogP contribution in [0, 0.1) is 0 Å². The first-order valence-corrected chi connectivity index (χ1v) is 12.8. The number of ether oxygens (including phenoxy) is 1. The van der Waals surface area contributed by atoms with Crippen molar-refractivity contribution in [2.45, 2.75) is 50.5 Å². The number of anilines is 1. The van der Waals surface area contributed by atoms with E-state index in [2.05, 4.69) is 5.32 Å². The van der Waals surface area contributed by atoms with Gasteiger partial charge in [-0.15, -0.1) is 0 Å². The average molecular weight is 467 g/mol. The summed E-state index contributed by atoms with van der Waals surface area (Å²) in [7, 11) is -3.54. The summed E-state index contributed by atoms with van der Waals surface area (Å²) in [5.74, 6) is -0.174. The van der Waals surface area contributed by atoms with Crippen LogP contribution >= 0.6 is 0 Å². The number of nitrogens with zero attached hydrogens (tertiary/aromatic N) is 3. The highest BCUT2D eigenvalue weighted by atomic mass is 32.2. The number of hydrogen-bond donors (Lipinski definition) is 1. The average Bonchev–Trinajstić information content (AvgIpc) is 2.80. The topological polar surface area (TPSA) is 99.3 Å². The molecule has 32 heavy (non-hydrogen) atoms. The lowest BCUT2D eigenvalue weighted by atomic mass is 10.0. The van der Waals surface area contributed by atoms with Crippen molar-refractivity contribution in [2.75, 3.05) is 51.2 Å². The second-order valence-electron chi connectivity index (χ2n) is 8.21. The normalized spacial score (nSPS) is 20.7. The molecule has 0 spiro atoms. The fourth-order valence-electron chi connectivity index (χ4n) is 4.25. The summed E-state index contributed by atoms with van der Waals surface area (Å²) in [5.41, 5.74) is 0.560. The quantitative estimate of drug-likeness (QED) is 0.662. The van der Waals surface area contributed by atoms with E-state index >= 15 is 0 Å². The van der Waals surface area contributed by atoms with Crippen LogP contribution in [0.15, 0.2) is 29.2 Å². The van der Waals surface area contributed by atoms with Crippen molar-refractivity contribution in [3.8, 4) is 0 Å². The van der Waals surface area contributed by atoms with Crippen LogP contribution in [0.2, 0.25) is 0 Å². The van der Waals surface area contributed by atoms with Crippen LogP contribution in [0.4, 0.5) is 10.5 Å². The number of nitrogens with one attached hydrogen (secondary N) is 1. The van der Waals surface area contributed by atoms with Crippen molar-refractivity contribution in [3.63, 3.8) is 0 Å². The predicted molar refractivity (Wildman–Crippen MR) is 122 cm³/mol. The van der Waals surface area contributed by atoms with Gasteiger partial charge in [0, 0.05) is 44.5 Å². The van der Waals surface area contributed by atoms with Crippen LogP contribution in [-0.2, 0) is 19.6 Å². The minimum absolute atomic E-state index is 0.0532. The van der Waals surface area contributed by atoms with Crippen LogP contribution < -0.4 is 5.32 Å². The lowest BCUT2D eigenvalue weighted by Gasteiger charge is -2.34. The van der Waals surface area contributed by atoms with Gasteiger partial charge in [0.1, 0.15) is 0 Å². The Morgan fingerprint density at radius 1 is 1.03 bits per heavy atom. The van der Waals surface area contributed by atoms with Crippen molar-refractivity contribution in [1.82, 2.24) is 14.1 Å². The molecule has 2 amide bonds. The van der Waals surface area contributed by atoms with E-state index in [-0.39, 0.29) is 29.5 Å². The van der Waals surface area contributed by atoms with E-state index in [0.29, 0.717) is 45.0 Å². The molecule has 2 fully saturated rings. The number of rotatable bonds is 7. The lowest BCUT2D eigenvalue weighted by molar-refractivity contribution is -0.117. The number of sulfonamides is 1. The van der Waals surface area contributed by atoms with E-state index in [4.69, 9.17) is 4.74 Å². The molecule has 10 heteroatoms. The number of piperazine rings is 1. The fraction of sp³-hybridized carbons (Fsp3) is 0.636. The molecule has 2 aliphatic rings. The molecule has 178 valence electrons. The maximum Gasteiger partial charge on any atom is 0.409 e. The molecule has 1 unspecified atom stereocenters. The number of amides is 2. The minimum Gasteiger partial charge on any atom is -0.450 e. The summed E-state index contributed by atoms with van der Waals surface area (Å²) < 4.78 is 32.8. The van der Waals surface area contributed by atoms with Gasteiger partial charge in [-0.05, 0) is 50.5 Å². The Balaban J connectivity index is 1.52. The summed E-state index contributed by atoms with van der Waals surface area (Å²) >= 11 is 0. The Morgan fingerprint density at radius 3 is 2.34 bits per heavy atom. The molecule has 0 saturated carbocycles. The first kappa shape index (κ1) is 24.5. The number of hydrogen-bond acceptors (Lipinski definition) is 6. The largest absolute Gasteiger partial charge is 0.450 e. The van der Waals surface area contributed by atoms with E-state index in [1.807, 2.05) is 11.8 Å². The summed E-state index contributed by atoms with van der Waals surface area (Å²) in [4.78, 5) is 28.1. The maximum atomic E-state index is 13.1. The van der Waals surface area contributed by atoms with Gasteiger partial charge in [-0.25, -0.2) is 13.2 Å². The number of benzene rings is 1. The third kappa shape index (κ3) is 5.99. The van der Waals surface area contributed by atoms with Crippen LogP contribution in [0.5, 0.6) is 0 Å². The van der Waals surface area contributed by atoms with Crippen molar-refractivity contribution < 1.29 is 22.7 Å². The van der Waals surface area contributed by atoms with Crippen molar-refractivity contribution in [1.29, 1.82) is 0 Å². The van der Waals surface area contributed by atoms with Crippen molar-refractivity contribution in [3.05, 3.63) is 24.3 Å². The Morgan fingerprint density at radius 2 is 1.72 bits per heavy atom. The van der Waals surface area contributed by atoms with Gasteiger partial charge in [0.05, 0.1) is 18.0 Å². The molecule has 9 nitrogen and oxygen atoms in total.